The topological polar surface area (TPSA) is 18.5 Å². The molecule has 5 rings (SSSR count). The predicted octanol–water partition coefficient (Wildman–Crippen LogP) is 12.8. The fourth-order valence-electron chi connectivity index (χ4n) is 5.41. The number of hydrogen-bond acceptors (Lipinski definition) is 2. The number of ether oxygens (including phenoxy) is 2. The van der Waals surface area contributed by atoms with E-state index in [2.05, 4.69) is 106 Å². The summed E-state index contributed by atoms with van der Waals surface area (Å²) in [7, 11) is 0. The molecule has 1 saturated carbocycles. The van der Waals surface area contributed by atoms with E-state index in [1.54, 1.807) is 0 Å². The third-order valence-corrected chi connectivity index (χ3v) is 9.02. The van der Waals surface area contributed by atoms with Gasteiger partial charge >= 0.3 is 26.2 Å². The van der Waals surface area contributed by atoms with Gasteiger partial charge in [-0.05, 0) is 21.8 Å². The van der Waals surface area contributed by atoms with Crippen molar-refractivity contribution < 1.29 is 35.7 Å². The first kappa shape index (κ1) is 42.6. The average Bonchev–Trinajstić information content (AvgIpc) is 3.90. The molecule has 0 aliphatic heterocycles. The van der Waals surface area contributed by atoms with E-state index in [0.717, 1.165) is 59.0 Å². The third-order valence-electron chi connectivity index (χ3n) is 7.96. The molecule has 0 amide bonds. The van der Waals surface area contributed by atoms with Gasteiger partial charge in [-0.1, -0.05) is 121 Å². The van der Waals surface area contributed by atoms with Gasteiger partial charge in [0, 0.05) is 18.6 Å². The van der Waals surface area contributed by atoms with Crippen molar-refractivity contribution in [2.24, 2.45) is 5.41 Å². The Morgan fingerprint density at radius 1 is 0.583 bits per heavy atom. The third kappa shape index (κ3) is 17.9. The van der Waals surface area contributed by atoms with Crippen molar-refractivity contribution in [1.29, 1.82) is 0 Å². The molecule has 4 aromatic carbocycles. The number of rotatable bonds is 16. The molecule has 1 fully saturated rings. The Bertz CT molecular complexity index is 1220. The second-order valence-corrected chi connectivity index (χ2v) is 14.1. The maximum atomic E-state index is 6.32. The molecule has 2 nitrogen and oxygen atoms in total. The summed E-state index contributed by atoms with van der Waals surface area (Å²) in [6, 6.07) is 36.8. The zero-order valence-electron chi connectivity index (χ0n) is 28.9. The summed E-state index contributed by atoms with van der Waals surface area (Å²) in [4.78, 5) is 0. The molecule has 0 spiro atoms. The summed E-state index contributed by atoms with van der Waals surface area (Å²) in [5.41, 5.74) is 4.53. The van der Waals surface area contributed by atoms with Crippen LogP contribution in [0.4, 0.5) is 0 Å². The molecule has 1 aliphatic carbocycles. The van der Waals surface area contributed by atoms with E-state index in [1.165, 1.54) is 49.7 Å². The van der Waals surface area contributed by atoms with Gasteiger partial charge in [0.2, 0.25) is 0 Å². The fraction of sp³-hybridized carbons (Fsp3) is 0.395. The van der Waals surface area contributed by atoms with Crippen molar-refractivity contribution in [3.8, 4) is 0 Å². The van der Waals surface area contributed by atoms with Crippen molar-refractivity contribution in [2.75, 3.05) is 26.4 Å². The molecule has 0 radical (unpaired) electrons. The maximum absolute atomic E-state index is 6.32. The van der Waals surface area contributed by atoms with Crippen LogP contribution in [0.25, 0.3) is 0 Å². The van der Waals surface area contributed by atoms with Crippen LogP contribution in [0.1, 0.15) is 89.2 Å². The molecule has 0 unspecified atom stereocenters. The van der Waals surface area contributed by atoms with Crippen LogP contribution >= 0.6 is 31.9 Å². The van der Waals surface area contributed by atoms with Crippen LogP contribution in [0.5, 0.6) is 0 Å². The Morgan fingerprint density at radius 2 is 0.958 bits per heavy atom. The second kappa shape index (κ2) is 26.2. The Labute approximate surface area is 327 Å². The molecule has 5 heteroatoms. The van der Waals surface area contributed by atoms with Crippen molar-refractivity contribution in [3.63, 3.8) is 0 Å². The van der Waals surface area contributed by atoms with Gasteiger partial charge < -0.3 is 9.47 Å². The minimum Gasteiger partial charge on any atom is -0.381 e. The zero-order valence-corrected chi connectivity index (χ0v) is 34.5. The SMILES string of the molecule is CCCCCCOCC1(COCCCCCC)CC(=[C-]c2ccc(Br)cc2)C(=[C-]c2ccc(Br)cc2)C1.[Zr+4].c1cc[cH-]c1.c1cc[cH-]c1. The van der Waals surface area contributed by atoms with E-state index >= 15 is 0 Å². The summed E-state index contributed by atoms with van der Waals surface area (Å²) in [6.45, 7) is 7.57. The summed E-state index contributed by atoms with van der Waals surface area (Å²) < 4.78 is 14.8. The molecule has 0 bridgehead atoms. The minimum atomic E-state index is -0.0785. The first-order valence-corrected chi connectivity index (χ1v) is 18.9. The molecule has 254 valence electrons. The molecule has 0 aromatic heterocycles. The monoisotopic (exact) mass is 848 g/mol. The van der Waals surface area contributed by atoms with E-state index in [1.807, 2.05) is 60.7 Å². The standard InChI is InChI=1S/C33H42Br2O2.2C5H5.Zr/c1-3-5-7-9-19-36-25-33(26-37-20-10-8-6-4-2)23-29(21-27-11-15-31(34)16-12-27)30(24-33)22-28-13-17-32(35)18-14-28;2*1-2-4-5-3-1;/h11-18H,3-10,19-20,23-26H2,1-2H3;2*1-5H;/q-2;2*-1;+4. The molecule has 0 atom stereocenters. The van der Waals surface area contributed by atoms with Crippen LogP contribution in [-0.2, 0) is 35.7 Å². The van der Waals surface area contributed by atoms with Crippen LogP contribution in [0.2, 0.25) is 0 Å². The van der Waals surface area contributed by atoms with Crippen LogP contribution in [0.15, 0.2) is 129 Å². The summed E-state index contributed by atoms with van der Waals surface area (Å²) in [5, 5.41) is 0. The van der Waals surface area contributed by atoms with Gasteiger partial charge in [-0.3, -0.25) is 0 Å². The minimum absolute atomic E-state index is 0. The Balaban J connectivity index is 0.000000617. The van der Waals surface area contributed by atoms with Gasteiger partial charge in [-0.25, -0.2) is 24.3 Å². The zero-order chi connectivity index (χ0) is 33.4. The van der Waals surface area contributed by atoms with Crippen LogP contribution < -0.4 is 0 Å². The van der Waals surface area contributed by atoms with Crippen LogP contribution in [0.3, 0.4) is 0 Å². The number of allylic oxidation sites excluding steroid dienone is 2. The first-order chi connectivity index (χ1) is 23.0. The normalized spacial score (nSPS) is 14.9. The van der Waals surface area contributed by atoms with Gasteiger partial charge in [0.1, 0.15) is 0 Å². The van der Waals surface area contributed by atoms with E-state index in [4.69, 9.17) is 9.47 Å². The van der Waals surface area contributed by atoms with Crippen LogP contribution in [0, 0.1) is 17.6 Å². The first-order valence-electron chi connectivity index (χ1n) is 17.3. The van der Waals surface area contributed by atoms with Crippen molar-refractivity contribution >= 4 is 31.9 Å². The Kier molecular flexibility index (Phi) is 23.2. The Hall–Kier alpha value is -1.62. The summed E-state index contributed by atoms with van der Waals surface area (Å²) in [5.74, 6) is 0. The summed E-state index contributed by atoms with van der Waals surface area (Å²) >= 11 is 7.10. The molecular formula is C43H52Br2O2Zr. The van der Waals surface area contributed by atoms with Gasteiger partial charge in [0.05, 0.1) is 13.2 Å². The number of halogens is 2. The van der Waals surface area contributed by atoms with E-state index < -0.39 is 0 Å². The number of benzene rings is 2. The molecular weight excluding hydrogens is 800 g/mol. The van der Waals surface area contributed by atoms with Crippen molar-refractivity contribution in [3.05, 3.63) is 153 Å². The maximum Gasteiger partial charge on any atom is 4.00 e. The second-order valence-electron chi connectivity index (χ2n) is 12.2. The molecule has 0 heterocycles. The number of unbranched alkanes of at least 4 members (excludes halogenated alkanes) is 6. The van der Waals surface area contributed by atoms with Gasteiger partial charge in [-0.15, -0.1) is 24.3 Å². The van der Waals surface area contributed by atoms with Crippen LogP contribution in [-0.4, -0.2) is 26.4 Å². The van der Waals surface area contributed by atoms with E-state index in [-0.39, 0.29) is 31.6 Å². The summed E-state index contributed by atoms with van der Waals surface area (Å²) in [6.07, 6.45) is 19.0. The van der Waals surface area contributed by atoms with Gasteiger partial charge in [0.25, 0.3) is 0 Å². The van der Waals surface area contributed by atoms with Gasteiger partial charge in [-0.2, -0.15) is 70.8 Å². The largest absolute Gasteiger partial charge is 4.00 e. The average molecular weight is 852 g/mol. The molecule has 0 N–H and O–H groups in total. The molecule has 4 aromatic rings. The fourth-order valence-corrected chi connectivity index (χ4v) is 5.94. The van der Waals surface area contributed by atoms with E-state index in [9.17, 15) is 0 Å². The molecule has 48 heavy (non-hydrogen) atoms. The van der Waals surface area contributed by atoms with Crippen molar-refractivity contribution in [2.45, 2.75) is 78.1 Å². The molecule has 0 saturated heterocycles. The van der Waals surface area contributed by atoms with Crippen molar-refractivity contribution in [1.82, 2.24) is 0 Å². The number of hydrogen-bond donors (Lipinski definition) is 0. The Morgan fingerprint density at radius 3 is 1.27 bits per heavy atom. The predicted molar refractivity (Wildman–Crippen MR) is 206 cm³/mol. The quantitative estimate of drug-likeness (QED) is 0.0826. The van der Waals surface area contributed by atoms with E-state index in [0.29, 0.717) is 13.2 Å². The smallest absolute Gasteiger partial charge is 0.381 e. The van der Waals surface area contributed by atoms with Gasteiger partial charge in [0.15, 0.2) is 0 Å². The molecule has 1 aliphatic rings.